The zero-order valence-corrected chi connectivity index (χ0v) is 9.29. The highest BCUT2D eigenvalue weighted by Crippen LogP contribution is 2.14. The van der Waals surface area contributed by atoms with Crippen LogP contribution in [0.25, 0.3) is 6.08 Å². The molecule has 2 heterocycles. The fourth-order valence-electron chi connectivity index (χ4n) is 1.38. The van der Waals surface area contributed by atoms with Crippen molar-refractivity contribution in [2.75, 3.05) is 6.54 Å². The van der Waals surface area contributed by atoms with Crippen molar-refractivity contribution in [3.8, 4) is 0 Å². The van der Waals surface area contributed by atoms with Crippen molar-refractivity contribution in [3.63, 3.8) is 0 Å². The summed E-state index contributed by atoms with van der Waals surface area (Å²) in [5.74, 6) is 0.445. The average molecular weight is 234 g/mol. The normalized spacial score (nSPS) is 18.0. The average Bonchev–Trinajstić information content (AvgIpc) is 2.84. The van der Waals surface area contributed by atoms with E-state index in [9.17, 15) is 4.79 Å². The molecular formula is C11H10N2O2S. The van der Waals surface area contributed by atoms with Crippen molar-refractivity contribution >= 4 is 29.3 Å². The van der Waals surface area contributed by atoms with Gasteiger partial charge in [0.05, 0.1) is 6.26 Å². The molecule has 0 unspecified atom stereocenters. The van der Waals surface area contributed by atoms with E-state index < -0.39 is 0 Å². The zero-order chi connectivity index (χ0) is 11.5. The third-order valence-corrected chi connectivity index (χ3v) is 2.43. The molecule has 1 aromatic heterocycles. The Morgan fingerprint density at radius 2 is 2.44 bits per heavy atom. The maximum atomic E-state index is 11.9. The molecular weight excluding hydrogens is 224 g/mol. The molecule has 4 nitrogen and oxygen atoms in total. The Kier molecular flexibility index (Phi) is 2.87. The molecule has 82 valence electrons. The first-order valence-electron chi connectivity index (χ1n) is 4.71. The predicted molar refractivity (Wildman–Crippen MR) is 64.3 cm³/mol. The Labute approximate surface area is 98.2 Å². The van der Waals surface area contributed by atoms with Gasteiger partial charge in [0.25, 0.3) is 5.91 Å². The largest absolute Gasteiger partial charge is 0.465 e. The Hall–Kier alpha value is -1.88. The van der Waals surface area contributed by atoms with E-state index in [-0.39, 0.29) is 5.91 Å². The van der Waals surface area contributed by atoms with Gasteiger partial charge in [-0.15, -0.1) is 6.58 Å². The zero-order valence-electron chi connectivity index (χ0n) is 8.47. The van der Waals surface area contributed by atoms with E-state index >= 15 is 0 Å². The number of thiocarbonyl (C=S) groups is 1. The maximum Gasteiger partial charge on any atom is 0.276 e. The second-order valence-electron chi connectivity index (χ2n) is 3.21. The number of rotatable bonds is 3. The van der Waals surface area contributed by atoms with Gasteiger partial charge in [0.1, 0.15) is 11.5 Å². The summed E-state index contributed by atoms with van der Waals surface area (Å²) in [5.41, 5.74) is 0.418. The number of hydrogen-bond acceptors (Lipinski definition) is 3. The summed E-state index contributed by atoms with van der Waals surface area (Å²) in [6, 6.07) is 3.52. The van der Waals surface area contributed by atoms with Crippen LogP contribution in [0.5, 0.6) is 0 Å². The second-order valence-corrected chi connectivity index (χ2v) is 3.59. The second kappa shape index (κ2) is 4.32. The summed E-state index contributed by atoms with van der Waals surface area (Å²) in [7, 11) is 0. The van der Waals surface area contributed by atoms with Gasteiger partial charge >= 0.3 is 0 Å². The van der Waals surface area contributed by atoms with Crippen LogP contribution in [0.2, 0.25) is 0 Å². The van der Waals surface area contributed by atoms with Gasteiger partial charge in [-0.1, -0.05) is 6.08 Å². The molecule has 1 N–H and O–H groups in total. The monoisotopic (exact) mass is 234 g/mol. The van der Waals surface area contributed by atoms with Crippen LogP contribution in [0.4, 0.5) is 0 Å². The highest BCUT2D eigenvalue weighted by Gasteiger charge is 2.29. The molecule has 1 aliphatic heterocycles. The highest BCUT2D eigenvalue weighted by atomic mass is 32.1. The number of amides is 1. The summed E-state index contributed by atoms with van der Waals surface area (Å²) in [6.45, 7) is 3.98. The number of carbonyl (C=O) groups is 1. The molecule has 0 radical (unpaired) electrons. The van der Waals surface area contributed by atoms with Crippen molar-refractivity contribution in [1.29, 1.82) is 0 Å². The molecule has 1 saturated heterocycles. The highest BCUT2D eigenvalue weighted by molar-refractivity contribution is 7.80. The Morgan fingerprint density at radius 3 is 3.06 bits per heavy atom. The molecule has 1 amide bonds. The van der Waals surface area contributed by atoms with Crippen molar-refractivity contribution in [1.82, 2.24) is 10.2 Å². The summed E-state index contributed by atoms with van der Waals surface area (Å²) in [5, 5.41) is 3.23. The molecule has 0 aromatic carbocycles. The molecule has 0 aliphatic carbocycles. The lowest BCUT2D eigenvalue weighted by atomic mass is 10.3. The van der Waals surface area contributed by atoms with Gasteiger partial charge in [0, 0.05) is 12.6 Å². The van der Waals surface area contributed by atoms with Crippen LogP contribution in [-0.2, 0) is 4.79 Å². The minimum atomic E-state index is -0.165. The first kappa shape index (κ1) is 10.6. The fourth-order valence-corrected chi connectivity index (χ4v) is 1.65. The van der Waals surface area contributed by atoms with Gasteiger partial charge in [-0.25, -0.2) is 0 Å². The van der Waals surface area contributed by atoms with E-state index in [0.717, 1.165) is 0 Å². The van der Waals surface area contributed by atoms with Crippen molar-refractivity contribution in [2.45, 2.75) is 0 Å². The van der Waals surface area contributed by atoms with Crippen LogP contribution >= 0.6 is 12.2 Å². The Morgan fingerprint density at radius 1 is 1.62 bits per heavy atom. The molecule has 1 aromatic rings. The van der Waals surface area contributed by atoms with Gasteiger partial charge < -0.3 is 9.73 Å². The summed E-state index contributed by atoms with van der Waals surface area (Å²) in [6.07, 6.45) is 4.80. The molecule has 5 heteroatoms. The fraction of sp³-hybridized carbons (Fsp3) is 0.0909. The molecule has 0 bridgehead atoms. The summed E-state index contributed by atoms with van der Waals surface area (Å²) < 4.78 is 5.12. The smallest absolute Gasteiger partial charge is 0.276 e. The molecule has 2 rings (SSSR count). The van der Waals surface area contributed by atoms with Gasteiger partial charge in [-0.2, -0.15) is 0 Å². The topological polar surface area (TPSA) is 45.5 Å². The van der Waals surface area contributed by atoms with Gasteiger partial charge in [-0.05, 0) is 24.4 Å². The third kappa shape index (κ3) is 1.90. The van der Waals surface area contributed by atoms with Crippen molar-refractivity contribution in [2.24, 2.45) is 0 Å². The lowest BCUT2D eigenvalue weighted by Crippen LogP contribution is -2.30. The number of carbonyl (C=O) groups excluding carboxylic acids is 1. The summed E-state index contributed by atoms with van der Waals surface area (Å²) >= 11 is 5.03. The SMILES string of the molecule is C=CCN1C(=O)/C(=C\c2ccco2)NC1=S. The van der Waals surface area contributed by atoms with Crippen molar-refractivity contribution in [3.05, 3.63) is 42.5 Å². The lowest BCUT2D eigenvalue weighted by molar-refractivity contribution is -0.122. The lowest BCUT2D eigenvalue weighted by Gasteiger charge is -2.09. The van der Waals surface area contributed by atoms with Crippen LogP contribution < -0.4 is 5.32 Å². The van der Waals surface area contributed by atoms with E-state index in [0.29, 0.717) is 23.1 Å². The van der Waals surface area contributed by atoms with Crippen LogP contribution in [-0.4, -0.2) is 22.5 Å². The molecule has 16 heavy (non-hydrogen) atoms. The molecule has 0 saturated carbocycles. The van der Waals surface area contributed by atoms with E-state index in [1.54, 1.807) is 30.5 Å². The Bertz CT molecular complexity index is 462. The molecule has 0 spiro atoms. The number of furan rings is 1. The standard InChI is InChI=1S/C11H10N2O2S/c1-2-5-13-10(14)9(12-11(13)16)7-8-4-3-6-15-8/h2-4,6-7H,1,5H2,(H,12,16)/b9-7+. The van der Waals surface area contributed by atoms with E-state index in [1.807, 2.05) is 0 Å². The van der Waals surface area contributed by atoms with Gasteiger partial charge in [-0.3, -0.25) is 9.69 Å². The molecule has 1 aliphatic rings. The number of hydrogen-bond donors (Lipinski definition) is 1. The predicted octanol–water partition coefficient (Wildman–Crippen LogP) is 1.52. The Balaban J connectivity index is 2.23. The molecule has 0 atom stereocenters. The quantitative estimate of drug-likeness (QED) is 0.489. The molecule has 1 fully saturated rings. The van der Waals surface area contributed by atoms with Crippen LogP contribution in [0.3, 0.4) is 0 Å². The van der Waals surface area contributed by atoms with E-state index in [4.69, 9.17) is 16.6 Å². The van der Waals surface area contributed by atoms with E-state index in [2.05, 4.69) is 11.9 Å². The van der Waals surface area contributed by atoms with E-state index in [1.165, 1.54) is 4.90 Å². The minimum Gasteiger partial charge on any atom is -0.465 e. The third-order valence-electron chi connectivity index (χ3n) is 2.10. The number of nitrogens with one attached hydrogen (secondary N) is 1. The first-order chi connectivity index (χ1) is 7.72. The minimum absolute atomic E-state index is 0.165. The van der Waals surface area contributed by atoms with Crippen LogP contribution in [0, 0.1) is 0 Å². The van der Waals surface area contributed by atoms with Gasteiger partial charge in [0.15, 0.2) is 5.11 Å². The maximum absolute atomic E-state index is 11.9. The first-order valence-corrected chi connectivity index (χ1v) is 5.12. The van der Waals surface area contributed by atoms with Crippen LogP contribution in [0.1, 0.15) is 5.76 Å². The van der Waals surface area contributed by atoms with Crippen molar-refractivity contribution < 1.29 is 9.21 Å². The summed E-state index contributed by atoms with van der Waals surface area (Å²) in [4.78, 5) is 13.3. The van der Waals surface area contributed by atoms with Crippen LogP contribution in [0.15, 0.2) is 41.2 Å². The van der Waals surface area contributed by atoms with Gasteiger partial charge in [0.2, 0.25) is 0 Å². The number of nitrogens with zero attached hydrogens (tertiary/aromatic N) is 1.